The van der Waals surface area contributed by atoms with E-state index in [0.717, 1.165) is 12.0 Å². The summed E-state index contributed by atoms with van der Waals surface area (Å²) in [6, 6.07) is 7.07. The van der Waals surface area contributed by atoms with Crippen LogP contribution in [0, 0.1) is 0 Å². The number of aromatic nitrogens is 1. The lowest BCUT2D eigenvalue weighted by atomic mass is 10.1. The van der Waals surface area contributed by atoms with Crippen LogP contribution < -0.4 is 14.8 Å². The summed E-state index contributed by atoms with van der Waals surface area (Å²) in [7, 11) is 3.14. The third-order valence-corrected chi connectivity index (χ3v) is 3.40. The van der Waals surface area contributed by atoms with Crippen LogP contribution in [0.1, 0.15) is 30.8 Å². The molecule has 6 heteroatoms. The average molecular weight is 304 g/mol. The number of nitrogens with one attached hydrogen (secondary N) is 1. The lowest BCUT2D eigenvalue weighted by Crippen LogP contribution is -2.32. The molecule has 0 fully saturated rings. The van der Waals surface area contributed by atoms with E-state index < -0.39 is 0 Å². The molecule has 0 saturated heterocycles. The summed E-state index contributed by atoms with van der Waals surface area (Å²) < 4.78 is 15.7. The number of rotatable bonds is 6. The van der Waals surface area contributed by atoms with Gasteiger partial charge in [0.2, 0.25) is 0 Å². The molecule has 1 heterocycles. The van der Waals surface area contributed by atoms with Crippen LogP contribution in [-0.2, 0) is 0 Å². The van der Waals surface area contributed by atoms with Gasteiger partial charge in [-0.15, -0.1) is 0 Å². The second-order valence-electron chi connectivity index (χ2n) is 4.93. The first kappa shape index (κ1) is 15.9. The van der Waals surface area contributed by atoms with Gasteiger partial charge in [-0.1, -0.05) is 12.1 Å². The van der Waals surface area contributed by atoms with Crippen LogP contribution in [0.4, 0.5) is 0 Å². The first-order valence-electron chi connectivity index (χ1n) is 7.09. The monoisotopic (exact) mass is 304 g/mol. The third kappa shape index (κ3) is 3.39. The van der Waals surface area contributed by atoms with Crippen molar-refractivity contribution < 1.29 is 18.8 Å². The fraction of sp³-hybridized carbons (Fsp3) is 0.375. The van der Waals surface area contributed by atoms with Gasteiger partial charge in [0.05, 0.1) is 14.2 Å². The number of methoxy groups -OCH3 is 2. The van der Waals surface area contributed by atoms with Gasteiger partial charge in [0.25, 0.3) is 5.91 Å². The van der Waals surface area contributed by atoms with E-state index >= 15 is 0 Å². The Labute approximate surface area is 129 Å². The lowest BCUT2D eigenvalue weighted by molar-refractivity contribution is 0.0930. The van der Waals surface area contributed by atoms with Crippen LogP contribution in [0.2, 0.25) is 0 Å². The molecule has 1 amide bonds. The van der Waals surface area contributed by atoms with Crippen LogP contribution in [0.3, 0.4) is 0 Å². The molecular formula is C16H20N2O4. The number of hydrogen-bond donors (Lipinski definition) is 1. The van der Waals surface area contributed by atoms with E-state index in [-0.39, 0.29) is 17.6 Å². The summed E-state index contributed by atoms with van der Waals surface area (Å²) in [5.74, 6) is 1.46. The molecule has 0 saturated carbocycles. The molecule has 0 aliphatic carbocycles. The van der Waals surface area contributed by atoms with Crippen molar-refractivity contribution >= 4 is 5.91 Å². The highest BCUT2D eigenvalue weighted by atomic mass is 16.5. The van der Waals surface area contributed by atoms with E-state index in [1.165, 1.54) is 0 Å². The molecule has 0 aliphatic rings. The number of nitrogens with zero attached hydrogens (tertiary/aromatic N) is 1. The van der Waals surface area contributed by atoms with Gasteiger partial charge in [0.15, 0.2) is 23.0 Å². The summed E-state index contributed by atoms with van der Waals surface area (Å²) in [6.45, 7) is 3.94. The number of hydrogen-bond acceptors (Lipinski definition) is 5. The Morgan fingerprint density at radius 3 is 2.64 bits per heavy atom. The van der Waals surface area contributed by atoms with Crippen LogP contribution in [0.25, 0.3) is 11.3 Å². The first-order chi connectivity index (χ1) is 10.6. The van der Waals surface area contributed by atoms with Crippen molar-refractivity contribution in [1.82, 2.24) is 10.5 Å². The highest BCUT2D eigenvalue weighted by Gasteiger charge is 2.16. The van der Waals surface area contributed by atoms with E-state index in [1.807, 2.05) is 19.9 Å². The van der Waals surface area contributed by atoms with Crippen molar-refractivity contribution in [3.8, 4) is 22.8 Å². The molecule has 0 spiro atoms. The van der Waals surface area contributed by atoms with Gasteiger partial charge >= 0.3 is 0 Å². The minimum absolute atomic E-state index is 0.0914. The molecule has 0 aliphatic heterocycles. The third-order valence-electron chi connectivity index (χ3n) is 3.40. The quantitative estimate of drug-likeness (QED) is 0.888. The summed E-state index contributed by atoms with van der Waals surface area (Å²) in [6.07, 6.45) is 0.853. The maximum atomic E-state index is 12.0. The first-order valence-corrected chi connectivity index (χ1v) is 7.09. The molecule has 1 aromatic heterocycles. The average Bonchev–Trinajstić information content (AvgIpc) is 3.04. The summed E-state index contributed by atoms with van der Waals surface area (Å²) in [5.41, 5.74) is 1.01. The summed E-state index contributed by atoms with van der Waals surface area (Å²) in [5, 5.41) is 6.66. The Morgan fingerprint density at radius 2 is 2.00 bits per heavy atom. The number of amides is 1. The Balaban J connectivity index is 2.22. The lowest BCUT2D eigenvalue weighted by Gasteiger charge is -2.08. The predicted molar refractivity (Wildman–Crippen MR) is 82.3 cm³/mol. The van der Waals surface area contributed by atoms with Crippen molar-refractivity contribution in [3.05, 3.63) is 30.0 Å². The molecule has 1 aromatic carbocycles. The van der Waals surface area contributed by atoms with Gasteiger partial charge in [0.1, 0.15) is 0 Å². The van der Waals surface area contributed by atoms with Crippen molar-refractivity contribution in [3.63, 3.8) is 0 Å². The molecule has 1 unspecified atom stereocenters. The fourth-order valence-electron chi connectivity index (χ4n) is 1.91. The van der Waals surface area contributed by atoms with Gasteiger partial charge in [-0.25, -0.2) is 0 Å². The molecule has 22 heavy (non-hydrogen) atoms. The molecule has 2 rings (SSSR count). The largest absolute Gasteiger partial charge is 0.493 e. The molecule has 0 bridgehead atoms. The zero-order valence-electron chi connectivity index (χ0n) is 13.2. The van der Waals surface area contributed by atoms with E-state index in [9.17, 15) is 4.79 Å². The van der Waals surface area contributed by atoms with Crippen molar-refractivity contribution in [1.29, 1.82) is 0 Å². The number of carbonyl (C=O) groups is 1. The maximum Gasteiger partial charge on any atom is 0.273 e. The van der Waals surface area contributed by atoms with E-state index in [0.29, 0.717) is 17.3 Å². The standard InChI is InChI=1S/C16H20N2O4/c1-5-10(2)17-16(19)12-9-14(22-18-12)11-6-7-13(20-3)15(8-11)21-4/h6-10H,5H2,1-4H3,(H,17,19). The molecule has 1 atom stereocenters. The van der Waals surface area contributed by atoms with Crippen LogP contribution in [0.5, 0.6) is 11.5 Å². The SMILES string of the molecule is CCC(C)NC(=O)c1cc(-c2ccc(OC)c(OC)c2)on1. The van der Waals surface area contributed by atoms with E-state index in [4.69, 9.17) is 14.0 Å². The Kier molecular flexibility index (Phi) is 5.04. The highest BCUT2D eigenvalue weighted by Crippen LogP contribution is 2.32. The molecule has 6 nitrogen and oxygen atoms in total. The van der Waals surface area contributed by atoms with Crippen LogP contribution in [0.15, 0.2) is 28.8 Å². The van der Waals surface area contributed by atoms with Crippen LogP contribution in [-0.4, -0.2) is 31.3 Å². The minimum Gasteiger partial charge on any atom is -0.493 e. The van der Waals surface area contributed by atoms with Crippen molar-refractivity contribution in [2.45, 2.75) is 26.3 Å². The maximum absolute atomic E-state index is 12.0. The zero-order valence-corrected chi connectivity index (χ0v) is 13.2. The van der Waals surface area contributed by atoms with Gasteiger partial charge in [-0.05, 0) is 31.5 Å². The summed E-state index contributed by atoms with van der Waals surface area (Å²) in [4.78, 5) is 12.0. The smallest absolute Gasteiger partial charge is 0.273 e. The second kappa shape index (κ2) is 6.98. The molecule has 2 aromatic rings. The fourth-order valence-corrected chi connectivity index (χ4v) is 1.91. The molecule has 1 N–H and O–H groups in total. The number of benzene rings is 1. The molecular weight excluding hydrogens is 284 g/mol. The Bertz CT molecular complexity index is 651. The Morgan fingerprint density at radius 1 is 1.27 bits per heavy atom. The molecule has 0 radical (unpaired) electrons. The van der Waals surface area contributed by atoms with Gasteiger partial charge in [0, 0.05) is 17.7 Å². The minimum atomic E-state index is -0.246. The highest BCUT2D eigenvalue weighted by molar-refractivity contribution is 5.93. The predicted octanol–water partition coefficient (Wildman–Crippen LogP) is 2.89. The summed E-state index contributed by atoms with van der Waals surface area (Å²) >= 11 is 0. The van der Waals surface area contributed by atoms with E-state index in [2.05, 4.69) is 10.5 Å². The van der Waals surface area contributed by atoms with Crippen molar-refractivity contribution in [2.24, 2.45) is 0 Å². The van der Waals surface area contributed by atoms with Crippen LogP contribution >= 0.6 is 0 Å². The second-order valence-corrected chi connectivity index (χ2v) is 4.93. The van der Waals surface area contributed by atoms with Gasteiger partial charge in [-0.2, -0.15) is 0 Å². The number of ether oxygens (including phenoxy) is 2. The zero-order chi connectivity index (χ0) is 16.1. The van der Waals surface area contributed by atoms with E-state index in [1.54, 1.807) is 32.4 Å². The topological polar surface area (TPSA) is 73.6 Å². The molecule has 118 valence electrons. The number of carbonyl (C=O) groups excluding carboxylic acids is 1. The normalized spacial score (nSPS) is 11.8. The van der Waals surface area contributed by atoms with Gasteiger partial charge in [-0.3, -0.25) is 4.79 Å². The van der Waals surface area contributed by atoms with Gasteiger partial charge < -0.3 is 19.3 Å². The van der Waals surface area contributed by atoms with Crippen molar-refractivity contribution in [2.75, 3.05) is 14.2 Å². The Hall–Kier alpha value is -2.50.